The summed E-state index contributed by atoms with van der Waals surface area (Å²) < 4.78 is 6.11. The zero-order chi connectivity index (χ0) is 18.8. The summed E-state index contributed by atoms with van der Waals surface area (Å²) in [5.74, 6) is 1.73. The molecule has 4 rings (SSSR count). The molecule has 0 radical (unpaired) electrons. The predicted octanol–water partition coefficient (Wildman–Crippen LogP) is 5.65. The van der Waals surface area contributed by atoms with Gasteiger partial charge in [-0.3, -0.25) is 4.79 Å². The molecule has 0 heterocycles. The van der Waals surface area contributed by atoms with Gasteiger partial charge in [-0.15, -0.1) is 0 Å². The molecule has 142 valence electrons. The van der Waals surface area contributed by atoms with Crippen LogP contribution in [0, 0.1) is 5.92 Å². The molecular weight excluding hydrogens is 336 g/mol. The van der Waals surface area contributed by atoms with E-state index in [0.717, 1.165) is 37.7 Å². The lowest BCUT2D eigenvalue weighted by molar-refractivity contribution is 0.0940. The van der Waals surface area contributed by atoms with Crippen LogP contribution in [0.25, 0.3) is 0 Å². The molecule has 27 heavy (non-hydrogen) atoms. The fraction of sp³-hybridized carbons (Fsp3) is 0.458. The fourth-order valence-corrected chi connectivity index (χ4v) is 4.85. The minimum atomic E-state index is 0.0739. The maximum absolute atomic E-state index is 12.5. The van der Waals surface area contributed by atoms with Crippen molar-refractivity contribution in [2.24, 2.45) is 5.92 Å². The van der Waals surface area contributed by atoms with Gasteiger partial charge in [-0.2, -0.15) is 0 Å². The van der Waals surface area contributed by atoms with Gasteiger partial charge in [0.15, 0.2) is 5.78 Å². The molecule has 1 saturated carbocycles. The second kappa shape index (κ2) is 7.75. The monoisotopic (exact) mass is 364 g/mol. The van der Waals surface area contributed by atoms with E-state index in [1.807, 2.05) is 12.1 Å². The van der Waals surface area contributed by atoms with Crippen molar-refractivity contribution in [3.05, 3.63) is 59.2 Å². The number of carbonyl (C=O) groups excluding carboxylic acids is 1. The highest BCUT2D eigenvalue weighted by Crippen LogP contribution is 2.49. The summed E-state index contributed by atoms with van der Waals surface area (Å²) in [6, 6.07) is 14.1. The first kappa shape index (κ1) is 18.1. The van der Waals surface area contributed by atoms with Crippen molar-refractivity contribution >= 4 is 5.78 Å². The third-order valence-electron chi connectivity index (χ3n) is 6.16. The predicted molar refractivity (Wildman–Crippen MR) is 107 cm³/mol. The first-order valence-electron chi connectivity index (χ1n) is 10.2. The number of carbonyl (C=O) groups is 1. The molecule has 1 fully saturated rings. The van der Waals surface area contributed by atoms with E-state index in [1.54, 1.807) is 6.07 Å². The second-order valence-corrected chi connectivity index (χ2v) is 8.14. The summed E-state index contributed by atoms with van der Waals surface area (Å²) in [6.45, 7) is 2.07. The molecule has 0 aliphatic heterocycles. The van der Waals surface area contributed by atoms with Crippen molar-refractivity contribution in [2.75, 3.05) is 0 Å². The lowest BCUT2D eigenvalue weighted by Gasteiger charge is -2.28. The summed E-state index contributed by atoms with van der Waals surface area (Å²) in [5.41, 5.74) is 2.91. The Morgan fingerprint density at radius 3 is 2.81 bits per heavy atom. The molecule has 3 heteroatoms. The number of aromatic hydroxyl groups is 1. The number of hydrogen-bond donors (Lipinski definition) is 1. The van der Waals surface area contributed by atoms with Gasteiger partial charge in [0.2, 0.25) is 0 Å². The fourth-order valence-electron chi connectivity index (χ4n) is 4.85. The van der Waals surface area contributed by atoms with Gasteiger partial charge in [-0.25, -0.2) is 0 Å². The van der Waals surface area contributed by atoms with Crippen LogP contribution in [0.4, 0.5) is 0 Å². The second-order valence-electron chi connectivity index (χ2n) is 8.14. The summed E-state index contributed by atoms with van der Waals surface area (Å²) >= 11 is 0. The minimum absolute atomic E-state index is 0.0739. The third-order valence-corrected chi connectivity index (χ3v) is 6.16. The standard InChI is InChI=1S/C24H28O3/c1-16(7-5-10-17-8-3-2-4-9-17)27-19-14-21-20-12-6-11-18(20)13-22(25)24(21)23(26)15-19/h2-4,8-9,14-16,18,20,26H,5-7,10-13H2,1H3/t16?,18-,20-/m0/s1. The zero-order valence-electron chi connectivity index (χ0n) is 16.0. The molecule has 1 N–H and O–H groups in total. The minimum Gasteiger partial charge on any atom is -0.507 e. The van der Waals surface area contributed by atoms with Crippen molar-refractivity contribution in [3.63, 3.8) is 0 Å². The number of phenols is 1. The Labute approximate surface area is 161 Å². The molecule has 0 spiro atoms. The normalized spacial score (nSPS) is 22.2. The number of fused-ring (bicyclic) bond motifs is 3. The largest absolute Gasteiger partial charge is 0.507 e. The van der Waals surface area contributed by atoms with Crippen LogP contribution in [0.3, 0.4) is 0 Å². The first-order chi connectivity index (χ1) is 13.1. The third kappa shape index (κ3) is 3.87. The number of benzene rings is 2. The summed E-state index contributed by atoms with van der Waals surface area (Å²) in [5, 5.41) is 10.5. The van der Waals surface area contributed by atoms with Gasteiger partial charge < -0.3 is 9.84 Å². The Morgan fingerprint density at radius 1 is 1.19 bits per heavy atom. The average molecular weight is 364 g/mol. The van der Waals surface area contributed by atoms with E-state index in [9.17, 15) is 9.90 Å². The van der Waals surface area contributed by atoms with Crippen LogP contribution < -0.4 is 4.74 Å². The SMILES string of the molecule is CC(CCCc1ccccc1)Oc1cc(O)c2c(c1)[C@H]1CCC[C@H]1CC2=O. The van der Waals surface area contributed by atoms with Crippen LogP contribution in [-0.4, -0.2) is 17.0 Å². The van der Waals surface area contributed by atoms with E-state index in [4.69, 9.17) is 4.74 Å². The van der Waals surface area contributed by atoms with Crippen LogP contribution in [0.2, 0.25) is 0 Å². The molecule has 0 aromatic heterocycles. The Kier molecular flexibility index (Phi) is 5.20. The van der Waals surface area contributed by atoms with Gasteiger partial charge in [-0.05, 0) is 68.1 Å². The Morgan fingerprint density at radius 2 is 2.00 bits per heavy atom. The van der Waals surface area contributed by atoms with Crippen molar-refractivity contribution in [1.82, 2.24) is 0 Å². The first-order valence-corrected chi connectivity index (χ1v) is 10.2. The van der Waals surface area contributed by atoms with Crippen molar-refractivity contribution in [3.8, 4) is 11.5 Å². The number of ether oxygens (including phenoxy) is 1. The molecule has 0 bridgehead atoms. The van der Waals surface area contributed by atoms with Crippen LogP contribution in [0.5, 0.6) is 11.5 Å². The number of phenolic OH excluding ortho intramolecular Hbond substituents is 1. The van der Waals surface area contributed by atoms with Gasteiger partial charge in [0, 0.05) is 12.5 Å². The van der Waals surface area contributed by atoms with Crippen LogP contribution in [-0.2, 0) is 6.42 Å². The number of hydrogen-bond acceptors (Lipinski definition) is 3. The molecule has 2 aliphatic carbocycles. The van der Waals surface area contributed by atoms with Crippen molar-refractivity contribution < 1.29 is 14.6 Å². The molecule has 0 saturated heterocycles. The highest BCUT2D eigenvalue weighted by molar-refractivity contribution is 6.01. The Balaban J connectivity index is 1.42. The highest BCUT2D eigenvalue weighted by Gasteiger charge is 2.38. The van der Waals surface area contributed by atoms with E-state index >= 15 is 0 Å². The van der Waals surface area contributed by atoms with Crippen LogP contribution in [0.15, 0.2) is 42.5 Å². The van der Waals surface area contributed by atoms with E-state index in [0.29, 0.717) is 29.6 Å². The number of ketones is 1. The van der Waals surface area contributed by atoms with E-state index < -0.39 is 0 Å². The van der Waals surface area contributed by atoms with E-state index in [2.05, 4.69) is 31.2 Å². The highest BCUT2D eigenvalue weighted by atomic mass is 16.5. The van der Waals surface area contributed by atoms with Crippen molar-refractivity contribution in [1.29, 1.82) is 0 Å². The van der Waals surface area contributed by atoms with Gasteiger partial charge in [0.25, 0.3) is 0 Å². The molecule has 2 aromatic rings. The molecule has 1 unspecified atom stereocenters. The number of aryl methyl sites for hydroxylation is 1. The van der Waals surface area contributed by atoms with E-state index in [-0.39, 0.29) is 17.6 Å². The molecule has 2 aliphatic rings. The van der Waals surface area contributed by atoms with Crippen molar-refractivity contribution in [2.45, 2.75) is 63.9 Å². The molecular formula is C24H28O3. The lowest BCUT2D eigenvalue weighted by atomic mass is 9.76. The maximum atomic E-state index is 12.5. The molecule has 2 aromatic carbocycles. The topological polar surface area (TPSA) is 46.5 Å². The molecule has 3 atom stereocenters. The number of rotatable bonds is 6. The molecule has 0 amide bonds. The Hall–Kier alpha value is -2.29. The average Bonchev–Trinajstić information content (AvgIpc) is 3.11. The summed E-state index contributed by atoms with van der Waals surface area (Å²) in [7, 11) is 0. The van der Waals surface area contributed by atoms with Crippen LogP contribution >= 0.6 is 0 Å². The maximum Gasteiger partial charge on any atom is 0.167 e. The van der Waals surface area contributed by atoms with Gasteiger partial charge >= 0.3 is 0 Å². The van der Waals surface area contributed by atoms with Gasteiger partial charge in [0.05, 0.1) is 11.7 Å². The van der Waals surface area contributed by atoms with E-state index in [1.165, 1.54) is 12.0 Å². The lowest BCUT2D eigenvalue weighted by Crippen LogP contribution is -2.22. The zero-order valence-corrected chi connectivity index (χ0v) is 16.0. The van der Waals surface area contributed by atoms with Crippen LogP contribution in [0.1, 0.15) is 72.9 Å². The summed E-state index contributed by atoms with van der Waals surface area (Å²) in [6.07, 6.45) is 7.12. The number of Topliss-reactive ketones (excluding diaryl/α,β-unsaturated/α-hetero) is 1. The Bertz CT molecular complexity index is 812. The summed E-state index contributed by atoms with van der Waals surface area (Å²) in [4.78, 5) is 12.5. The molecule has 3 nitrogen and oxygen atoms in total. The smallest absolute Gasteiger partial charge is 0.167 e. The quantitative estimate of drug-likeness (QED) is 0.720. The van der Waals surface area contributed by atoms with Gasteiger partial charge in [0.1, 0.15) is 11.5 Å². The van der Waals surface area contributed by atoms with Gasteiger partial charge in [-0.1, -0.05) is 36.8 Å².